The number of sulfone groups is 1. The first kappa shape index (κ1) is 19.2. The van der Waals surface area contributed by atoms with Crippen molar-refractivity contribution in [1.29, 1.82) is 0 Å². The number of nitrogens with zero attached hydrogens (tertiary/aromatic N) is 3. The van der Waals surface area contributed by atoms with Crippen molar-refractivity contribution in [1.82, 2.24) is 14.5 Å². The first-order chi connectivity index (χ1) is 13.3. The Kier molecular flexibility index (Phi) is 5.07. The van der Waals surface area contributed by atoms with Crippen LogP contribution in [0, 0.1) is 6.92 Å². The van der Waals surface area contributed by atoms with Gasteiger partial charge in [0.05, 0.1) is 17.3 Å². The molecule has 0 N–H and O–H groups in total. The van der Waals surface area contributed by atoms with Crippen LogP contribution in [0.2, 0.25) is 0 Å². The topological polar surface area (TPSA) is 93.4 Å². The van der Waals surface area contributed by atoms with E-state index < -0.39 is 9.84 Å². The first-order valence-corrected chi connectivity index (χ1v) is 11.7. The Hall–Kier alpha value is -2.10. The highest BCUT2D eigenvalue weighted by Gasteiger charge is 2.29. The molecule has 0 aliphatic carbocycles. The molecule has 0 bridgehead atoms. The maximum atomic E-state index is 12.8. The standard InChI is InChI=1S/C19H21N3O4S2/c1-12-3-4-16-15(9-12)18(23)14(11-26-16)10-22-7-5-13(6-8-22)17-19(27-21-20-17)28(2,24)25/h3-4,9,11,13H,5-8,10H2,1-2H3. The first-order valence-electron chi connectivity index (χ1n) is 9.08. The zero-order valence-electron chi connectivity index (χ0n) is 15.7. The molecule has 2 aromatic heterocycles. The van der Waals surface area contributed by atoms with E-state index in [2.05, 4.69) is 14.5 Å². The third-order valence-corrected chi connectivity index (χ3v) is 7.74. The Morgan fingerprint density at radius 1 is 1.29 bits per heavy atom. The van der Waals surface area contributed by atoms with Crippen LogP contribution in [0.1, 0.15) is 35.6 Å². The Morgan fingerprint density at radius 3 is 2.75 bits per heavy atom. The molecule has 0 unspecified atom stereocenters. The van der Waals surface area contributed by atoms with Crippen LogP contribution in [0.5, 0.6) is 0 Å². The van der Waals surface area contributed by atoms with E-state index in [9.17, 15) is 13.2 Å². The molecule has 0 radical (unpaired) electrons. The van der Waals surface area contributed by atoms with E-state index >= 15 is 0 Å². The maximum absolute atomic E-state index is 12.8. The van der Waals surface area contributed by atoms with Crippen LogP contribution >= 0.6 is 11.5 Å². The number of hydrogen-bond acceptors (Lipinski definition) is 8. The minimum absolute atomic E-state index is 0.00939. The van der Waals surface area contributed by atoms with Crippen LogP contribution in [-0.4, -0.2) is 42.2 Å². The van der Waals surface area contributed by atoms with Gasteiger partial charge >= 0.3 is 0 Å². The van der Waals surface area contributed by atoms with Gasteiger partial charge in [-0.25, -0.2) is 8.42 Å². The third-order valence-electron chi connectivity index (χ3n) is 5.19. The SMILES string of the molecule is Cc1ccc2occ(CN3CCC(c4nnsc4S(C)(=O)=O)CC3)c(=O)c2c1. The Labute approximate surface area is 167 Å². The summed E-state index contributed by atoms with van der Waals surface area (Å²) in [6, 6.07) is 5.61. The summed E-state index contributed by atoms with van der Waals surface area (Å²) in [4.78, 5) is 15.0. The molecule has 4 rings (SSSR count). The predicted molar refractivity (Wildman–Crippen MR) is 107 cm³/mol. The smallest absolute Gasteiger partial charge is 0.197 e. The zero-order chi connectivity index (χ0) is 19.9. The number of hydrogen-bond donors (Lipinski definition) is 0. The van der Waals surface area contributed by atoms with Gasteiger partial charge in [0, 0.05) is 35.8 Å². The van der Waals surface area contributed by atoms with Gasteiger partial charge < -0.3 is 4.42 Å². The van der Waals surface area contributed by atoms with Gasteiger partial charge in [-0.05, 0) is 45.0 Å². The molecule has 0 spiro atoms. The lowest BCUT2D eigenvalue weighted by atomic mass is 9.94. The van der Waals surface area contributed by atoms with Crippen LogP contribution in [0.25, 0.3) is 11.0 Å². The molecule has 1 aliphatic heterocycles. The quantitative estimate of drug-likeness (QED) is 0.642. The third kappa shape index (κ3) is 3.74. The molecule has 7 nitrogen and oxygen atoms in total. The fourth-order valence-electron chi connectivity index (χ4n) is 3.69. The average Bonchev–Trinajstić information content (AvgIpc) is 3.15. The van der Waals surface area contributed by atoms with E-state index in [-0.39, 0.29) is 15.6 Å². The lowest BCUT2D eigenvalue weighted by molar-refractivity contribution is 0.201. The van der Waals surface area contributed by atoms with Gasteiger partial charge in [0.2, 0.25) is 0 Å². The van der Waals surface area contributed by atoms with E-state index in [4.69, 9.17) is 4.42 Å². The Balaban J connectivity index is 1.48. The second-order valence-electron chi connectivity index (χ2n) is 7.36. The average molecular weight is 420 g/mol. The normalized spacial score (nSPS) is 16.6. The number of aryl methyl sites for hydroxylation is 1. The number of benzene rings is 1. The lowest BCUT2D eigenvalue weighted by Gasteiger charge is -2.31. The Bertz CT molecular complexity index is 1180. The van der Waals surface area contributed by atoms with E-state index in [1.165, 1.54) is 6.26 Å². The summed E-state index contributed by atoms with van der Waals surface area (Å²) >= 11 is 0.941. The monoisotopic (exact) mass is 419 g/mol. The highest BCUT2D eigenvalue weighted by molar-refractivity contribution is 7.92. The zero-order valence-corrected chi connectivity index (χ0v) is 17.3. The van der Waals surface area contributed by atoms with Crippen molar-refractivity contribution in [2.45, 2.75) is 36.4 Å². The molecule has 1 aliphatic rings. The minimum atomic E-state index is -3.31. The van der Waals surface area contributed by atoms with Crippen molar-refractivity contribution >= 4 is 32.3 Å². The van der Waals surface area contributed by atoms with Crippen LogP contribution in [0.4, 0.5) is 0 Å². The van der Waals surface area contributed by atoms with Gasteiger partial charge in [0.1, 0.15) is 5.58 Å². The second-order valence-corrected chi connectivity index (χ2v) is 10.3. The molecule has 28 heavy (non-hydrogen) atoms. The fraction of sp³-hybridized carbons (Fsp3) is 0.421. The van der Waals surface area contributed by atoms with Gasteiger partial charge in [-0.3, -0.25) is 9.69 Å². The van der Waals surface area contributed by atoms with Crippen LogP contribution in [0.15, 0.2) is 37.9 Å². The highest BCUT2D eigenvalue weighted by Crippen LogP contribution is 2.33. The van der Waals surface area contributed by atoms with Gasteiger partial charge in [-0.2, -0.15) is 0 Å². The summed E-state index contributed by atoms with van der Waals surface area (Å²) in [6.45, 7) is 4.00. The molecule has 3 heterocycles. The van der Waals surface area contributed by atoms with Crippen LogP contribution in [0.3, 0.4) is 0 Å². The van der Waals surface area contributed by atoms with E-state index in [0.29, 0.717) is 28.8 Å². The molecule has 3 aromatic rings. The summed E-state index contributed by atoms with van der Waals surface area (Å²) in [5.74, 6) is 0.0791. The van der Waals surface area contributed by atoms with Crippen molar-refractivity contribution < 1.29 is 12.8 Å². The second kappa shape index (κ2) is 7.38. The van der Waals surface area contributed by atoms with E-state index in [0.717, 1.165) is 43.0 Å². The maximum Gasteiger partial charge on any atom is 0.197 e. The molecular weight excluding hydrogens is 398 g/mol. The minimum Gasteiger partial charge on any atom is -0.464 e. The van der Waals surface area contributed by atoms with Crippen molar-refractivity contribution in [3.63, 3.8) is 0 Å². The van der Waals surface area contributed by atoms with E-state index in [1.807, 2.05) is 25.1 Å². The summed E-state index contributed by atoms with van der Waals surface area (Å²) in [5, 5.41) is 4.69. The fourth-order valence-corrected chi connectivity index (χ4v) is 5.43. The van der Waals surface area contributed by atoms with Crippen LogP contribution < -0.4 is 5.43 Å². The van der Waals surface area contributed by atoms with Gasteiger partial charge in [0.15, 0.2) is 19.5 Å². The van der Waals surface area contributed by atoms with Gasteiger partial charge in [-0.15, -0.1) is 5.10 Å². The number of fused-ring (bicyclic) bond motifs is 1. The van der Waals surface area contributed by atoms with Gasteiger partial charge in [-0.1, -0.05) is 16.1 Å². The highest BCUT2D eigenvalue weighted by atomic mass is 32.2. The number of piperidine rings is 1. The van der Waals surface area contributed by atoms with E-state index in [1.54, 1.807) is 6.26 Å². The van der Waals surface area contributed by atoms with Crippen LogP contribution in [-0.2, 0) is 16.4 Å². The molecular formula is C19H21N3O4S2. The van der Waals surface area contributed by atoms with Crippen molar-refractivity contribution in [3.05, 3.63) is 51.5 Å². The lowest BCUT2D eigenvalue weighted by Crippen LogP contribution is -2.34. The van der Waals surface area contributed by atoms with Gasteiger partial charge in [0.25, 0.3) is 0 Å². The Morgan fingerprint density at radius 2 is 2.04 bits per heavy atom. The summed E-state index contributed by atoms with van der Waals surface area (Å²) in [6.07, 6.45) is 4.32. The largest absolute Gasteiger partial charge is 0.464 e. The van der Waals surface area contributed by atoms with Crippen molar-refractivity contribution in [2.24, 2.45) is 0 Å². The molecule has 0 amide bonds. The number of aromatic nitrogens is 2. The number of rotatable bonds is 4. The molecule has 148 valence electrons. The molecule has 0 atom stereocenters. The van der Waals surface area contributed by atoms with Crippen molar-refractivity contribution in [2.75, 3.05) is 19.3 Å². The number of likely N-dealkylation sites (tertiary alicyclic amines) is 1. The predicted octanol–water partition coefficient (Wildman–Crippen LogP) is 2.74. The summed E-state index contributed by atoms with van der Waals surface area (Å²) in [5.41, 5.74) is 2.87. The molecule has 1 fully saturated rings. The summed E-state index contributed by atoms with van der Waals surface area (Å²) in [7, 11) is -3.31. The molecule has 1 saturated heterocycles. The molecule has 1 aromatic carbocycles. The molecule has 9 heteroatoms. The van der Waals surface area contributed by atoms with Crippen molar-refractivity contribution in [3.8, 4) is 0 Å². The summed E-state index contributed by atoms with van der Waals surface area (Å²) < 4.78 is 33.6. The molecule has 0 saturated carbocycles.